The van der Waals surface area contributed by atoms with Crippen LogP contribution in [0.1, 0.15) is 24.0 Å². The zero-order valence-electron chi connectivity index (χ0n) is 9.95. The third-order valence-corrected chi connectivity index (χ3v) is 4.25. The van der Waals surface area contributed by atoms with Gasteiger partial charge < -0.3 is 10.6 Å². The molecule has 0 spiro atoms. The number of nitrogens with zero attached hydrogens (tertiary/aromatic N) is 1. The summed E-state index contributed by atoms with van der Waals surface area (Å²) in [6.07, 6.45) is 3.79. The molecule has 1 saturated heterocycles. The third-order valence-electron chi connectivity index (χ3n) is 4.25. The molecule has 3 rings (SSSR count). The van der Waals surface area contributed by atoms with E-state index in [1.165, 1.54) is 42.6 Å². The lowest BCUT2D eigenvalue weighted by Gasteiger charge is -2.36. The van der Waals surface area contributed by atoms with Crippen LogP contribution in [0.5, 0.6) is 0 Å². The number of aryl methyl sites for hydroxylation is 2. The molecule has 0 aliphatic carbocycles. The maximum Gasteiger partial charge on any atom is 0.0404 e. The lowest BCUT2D eigenvalue weighted by Crippen LogP contribution is -2.39. The summed E-state index contributed by atoms with van der Waals surface area (Å²) in [5, 5.41) is 0. The van der Waals surface area contributed by atoms with Gasteiger partial charge in [-0.15, -0.1) is 0 Å². The Bertz CT molecular complexity index is 400. The summed E-state index contributed by atoms with van der Waals surface area (Å²) >= 11 is 0. The van der Waals surface area contributed by atoms with Gasteiger partial charge in [0.25, 0.3) is 0 Å². The second-order valence-electron chi connectivity index (χ2n) is 5.22. The number of nitrogens with two attached hydrogens (primary N) is 1. The number of benzene rings is 1. The van der Waals surface area contributed by atoms with Crippen LogP contribution in [0.3, 0.4) is 0 Å². The van der Waals surface area contributed by atoms with Crippen molar-refractivity contribution in [2.75, 3.05) is 18.0 Å². The van der Waals surface area contributed by atoms with Gasteiger partial charge in [-0.05, 0) is 55.8 Å². The molecule has 0 radical (unpaired) electrons. The molecule has 2 heteroatoms. The maximum atomic E-state index is 5.86. The van der Waals surface area contributed by atoms with Crippen LogP contribution >= 0.6 is 0 Å². The Morgan fingerprint density at radius 3 is 3.06 bits per heavy atom. The predicted octanol–water partition coefficient (Wildman–Crippen LogP) is 2.09. The fourth-order valence-corrected chi connectivity index (χ4v) is 3.34. The molecule has 0 aromatic heterocycles. The minimum atomic E-state index is 0.708. The Kier molecular flexibility index (Phi) is 2.40. The zero-order chi connectivity index (χ0) is 11.1. The van der Waals surface area contributed by atoms with E-state index in [1.54, 1.807) is 0 Å². The molecule has 2 aliphatic heterocycles. The van der Waals surface area contributed by atoms with Gasteiger partial charge in [0.1, 0.15) is 0 Å². The molecule has 2 atom stereocenters. The van der Waals surface area contributed by atoms with E-state index in [-0.39, 0.29) is 0 Å². The molecule has 1 aromatic carbocycles. The first-order valence-electron chi connectivity index (χ1n) is 6.36. The van der Waals surface area contributed by atoms with E-state index < -0.39 is 0 Å². The highest BCUT2D eigenvalue weighted by Crippen LogP contribution is 2.38. The van der Waals surface area contributed by atoms with Crippen LogP contribution in [0.2, 0.25) is 0 Å². The molecular weight excluding hydrogens is 196 g/mol. The fourth-order valence-electron chi connectivity index (χ4n) is 3.34. The molecule has 0 saturated carbocycles. The number of fused-ring (bicyclic) bond motifs is 3. The Morgan fingerprint density at radius 1 is 1.38 bits per heavy atom. The van der Waals surface area contributed by atoms with Gasteiger partial charge in [0.2, 0.25) is 0 Å². The van der Waals surface area contributed by atoms with Crippen molar-refractivity contribution in [3.8, 4) is 0 Å². The zero-order valence-corrected chi connectivity index (χ0v) is 9.95. The van der Waals surface area contributed by atoms with E-state index in [2.05, 4.69) is 30.0 Å². The van der Waals surface area contributed by atoms with Crippen molar-refractivity contribution in [3.63, 3.8) is 0 Å². The summed E-state index contributed by atoms with van der Waals surface area (Å²) in [7, 11) is 0. The molecule has 0 bridgehead atoms. The van der Waals surface area contributed by atoms with Crippen LogP contribution in [0, 0.1) is 12.8 Å². The topological polar surface area (TPSA) is 29.3 Å². The van der Waals surface area contributed by atoms with E-state index >= 15 is 0 Å². The molecule has 2 aliphatic rings. The smallest absolute Gasteiger partial charge is 0.0404 e. The highest BCUT2D eigenvalue weighted by atomic mass is 15.2. The lowest BCUT2D eigenvalue weighted by atomic mass is 9.90. The van der Waals surface area contributed by atoms with Gasteiger partial charge in [-0.25, -0.2) is 0 Å². The van der Waals surface area contributed by atoms with Crippen molar-refractivity contribution in [1.29, 1.82) is 0 Å². The van der Waals surface area contributed by atoms with Crippen molar-refractivity contribution in [1.82, 2.24) is 0 Å². The van der Waals surface area contributed by atoms with E-state index in [9.17, 15) is 0 Å². The number of anilines is 1. The summed E-state index contributed by atoms with van der Waals surface area (Å²) in [5.41, 5.74) is 10.2. The van der Waals surface area contributed by atoms with E-state index in [0.29, 0.717) is 12.0 Å². The quantitative estimate of drug-likeness (QED) is 0.779. The SMILES string of the molecule is Cc1ccc2c(c1)N1CCC(CN)C1CC2. The lowest BCUT2D eigenvalue weighted by molar-refractivity contribution is 0.446. The summed E-state index contributed by atoms with van der Waals surface area (Å²) in [4.78, 5) is 2.60. The van der Waals surface area contributed by atoms with E-state index in [4.69, 9.17) is 5.73 Å². The Morgan fingerprint density at radius 2 is 2.25 bits per heavy atom. The molecule has 2 nitrogen and oxygen atoms in total. The predicted molar refractivity (Wildman–Crippen MR) is 67.8 cm³/mol. The van der Waals surface area contributed by atoms with Crippen molar-refractivity contribution < 1.29 is 0 Å². The maximum absolute atomic E-state index is 5.86. The summed E-state index contributed by atoms with van der Waals surface area (Å²) in [6, 6.07) is 7.59. The highest BCUT2D eigenvalue weighted by molar-refractivity contribution is 5.59. The second kappa shape index (κ2) is 3.77. The molecule has 2 N–H and O–H groups in total. The molecule has 1 fully saturated rings. The number of rotatable bonds is 1. The Balaban J connectivity index is 1.98. The summed E-state index contributed by atoms with van der Waals surface area (Å²) < 4.78 is 0. The molecule has 0 amide bonds. The van der Waals surface area contributed by atoms with Gasteiger partial charge in [-0.1, -0.05) is 12.1 Å². The van der Waals surface area contributed by atoms with E-state index in [1.807, 2.05) is 0 Å². The Labute approximate surface area is 97.4 Å². The van der Waals surface area contributed by atoms with Crippen molar-refractivity contribution in [2.24, 2.45) is 11.7 Å². The van der Waals surface area contributed by atoms with Crippen molar-refractivity contribution >= 4 is 5.69 Å². The normalized spacial score (nSPS) is 27.8. The molecular formula is C14H20N2. The van der Waals surface area contributed by atoms with Crippen LogP contribution in [-0.2, 0) is 6.42 Å². The second-order valence-corrected chi connectivity index (χ2v) is 5.22. The average molecular weight is 216 g/mol. The summed E-state index contributed by atoms with van der Waals surface area (Å²) in [6.45, 7) is 4.23. The largest absolute Gasteiger partial charge is 0.368 e. The average Bonchev–Trinajstić information content (AvgIpc) is 2.72. The van der Waals surface area contributed by atoms with Crippen LogP contribution in [-0.4, -0.2) is 19.1 Å². The van der Waals surface area contributed by atoms with E-state index in [0.717, 1.165) is 6.54 Å². The van der Waals surface area contributed by atoms with Crippen LogP contribution in [0.25, 0.3) is 0 Å². The van der Waals surface area contributed by atoms with Gasteiger partial charge in [0, 0.05) is 18.3 Å². The first-order chi connectivity index (χ1) is 7.79. The van der Waals surface area contributed by atoms with Gasteiger partial charge >= 0.3 is 0 Å². The summed E-state index contributed by atoms with van der Waals surface area (Å²) in [5.74, 6) is 0.716. The highest BCUT2D eigenvalue weighted by Gasteiger charge is 2.36. The van der Waals surface area contributed by atoms with Crippen LogP contribution < -0.4 is 10.6 Å². The Hall–Kier alpha value is -1.02. The van der Waals surface area contributed by atoms with Gasteiger partial charge in [0.15, 0.2) is 0 Å². The van der Waals surface area contributed by atoms with Gasteiger partial charge in [-0.2, -0.15) is 0 Å². The first kappa shape index (κ1) is 10.2. The monoisotopic (exact) mass is 216 g/mol. The molecule has 2 heterocycles. The molecule has 2 unspecified atom stereocenters. The van der Waals surface area contributed by atoms with Crippen LogP contribution in [0.15, 0.2) is 18.2 Å². The minimum absolute atomic E-state index is 0.708. The third kappa shape index (κ3) is 1.44. The van der Waals surface area contributed by atoms with Crippen molar-refractivity contribution in [3.05, 3.63) is 29.3 Å². The van der Waals surface area contributed by atoms with Gasteiger partial charge in [-0.3, -0.25) is 0 Å². The molecule has 86 valence electrons. The fraction of sp³-hybridized carbons (Fsp3) is 0.571. The molecule has 16 heavy (non-hydrogen) atoms. The number of hydrogen-bond acceptors (Lipinski definition) is 2. The standard InChI is InChI=1S/C14H20N2/c1-10-2-3-11-4-5-13-12(9-15)6-7-16(13)14(11)8-10/h2-3,8,12-13H,4-7,9,15H2,1H3. The molecule has 1 aromatic rings. The minimum Gasteiger partial charge on any atom is -0.368 e. The van der Waals surface area contributed by atoms with Gasteiger partial charge in [0.05, 0.1) is 0 Å². The van der Waals surface area contributed by atoms with Crippen molar-refractivity contribution in [2.45, 2.75) is 32.2 Å². The van der Waals surface area contributed by atoms with Crippen LogP contribution in [0.4, 0.5) is 5.69 Å². The first-order valence-corrected chi connectivity index (χ1v) is 6.36. The number of hydrogen-bond donors (Lipinski definition) is 1.